The second-order valence-corrected chi connectivity index (χ2v) is 6.82. The first-order valence-corrected chi connectivity index (χ1v) is 8.41. The predicted molar refractivity (Wildman–Crippen MR) is 84.1 cm³/mol. The smallest absolute Gasteiger partial charge is 0.320 e. The van der Waals surface area contributed by atoms with Gasteiger partial charge in [0, 0.05) is 0 Å². The summed E-state index contributed by atoms with van der Waals surface area (Å²) < 4.78 is 0. The number of rotatable bonds is 8. The lowest BCUT2D eigenvalue weighted by Gasteiger charge is -2.42. The Hall–Kier alpha value is -1.00. The van der Waals surface area contributed by atoms with Gasteiger partial charge in [-0.05, 0) is 48.2 Å². The van der Waals surface area contributed by atoms with E-state index in [0.717, 1.165) is 11.5 Å². The lowest BCUT2D eigenvalue weighted by molar-refractivity contribution is -0.138. The number of hydrogen-bond donors (Lipinski definition) is 2. The molecular weight excluding hydrogens is 270 g/mol. The number of aliphatic carboxylic acids is 1. The average molecular weight is 293 g/mol. The molecule has 20 heavy (non-hydrogen) atoms. The first-order chi connectivity index (χ1) is 9.64. The van der Waals surface area contributed by atoms with E-state index in [4.69, 9.17) is 10.8 Å². The minimum atomic E-state index is -0.898. The second kappa shape index (κ2) is 7.14. The standard InChI is InChI=1S/C16H23NO2S/c17-14(15(18)19)7-11-20-12-10-16(8-4-9-16)13-5-2-1-3-6-13/h1-3,5-6,14H,4,7-12,17H2,(H,18,19). The van der Waals surface area contributed by atoms with Crippen molar-refractivity contribution in [1.82, 2.24) is 0 Å². The number of carbonyl (C=O) groups is 1. The Morgan fingerprint density at radius 2 is 2.00 bits per heavy atom. The van der Waals surface area contributed by atoms with Crippen LogP contribution in [0.2, 0.25) is 0 Å². The molecule has 3 N–H and O–H groups in total. The fourth-order valence-electron chi connectivity index (χ4n) is 2.78. The van der Waals surface area contributed by atoms with E-state index in [0.29, 0.717) is 11.8 Å². The Morgan fingerprint density at radius 3 is 2.55 bits per heavy atom. The SMILES string of the molecule is NC(CCSCCC1(c2ccccc2)CCC1)C(=O)O. The van der Waals surface area contributed by atoms with Gasteiger partial charge in [0.25, 0.3) is 0 Å². The minimum absolute atomic E-state index is 0.378. The number of thioether (sulfide) groups is 1. The highest BCUT2D eigenvalue weighted by Crippen LogP contribution is 2.46. The quantitative estimate of drug-likeness (QED) is 0.723. The Balaban J connectivity index is 1.74. The molecule has 0 radical (unpaired) electrons. The van der Waals surface area contributed by atoms with Gasteiger partial charge < -0.3 is 10.8 Å². The van der Waals surface area contributed by atoms with E-state index in [1.807, 2.05) is 11.8 Å². The third kappa shape index (κ3) is 3.76. The molecular formula is C16H23NO2S. The summed E-state index contributed by atoms with van der Waals surface area (Å²) >= 11 is 1.83. The van der Waals surface area contributed by atoms with Crippen LogP contribution in [-0.2, 0) is 10.2 Å². The van der Waals surface area contributed by atoms with Crippen LogP contribution in [0.5, 0.6) is 0 Å². The van der Waals surface area contributed by atoms with E-state index in [9.17, 15) is 4.79 Å². The van der Waals surface area contributed by atoms with E-state index in [-0.39, 0.29) is 0 Å². The van der Waals surface area contributed by atoms with E-state index < -0.39 is 12.0 Å². The normalized spacial score (nSPS) is 18.2. The maximum absolute atomic E-state index is 10.6. The molecule has 1 unspecified atom stereocenters. The van der Waals surface area contributed by atoms with Gasteiger partial charge in [-0.1, -0.05) is 36.8 Å². The van der Waals surface area contributed by atoms with Crippen molar-refractivity contribution >= 4 is 17.7 Å². The molecule has 2 rings (SSSR count). The van der Waals surface area contributed by atoms with Crippen molar-refractivity contribution in [2.45, 2.75) is 43.6 Å². The topological polar surface area (TPSA) is 63.3 Å². The van der Waals surface area contributed by atoms with Gasteiger partial charge in [-0.25, -0.2) is 0 Å². The maximum atomic E-state index is 10.6. The number of benzene rings is 1. The molecule has 0 heterocycles. The molecule has 1 atom stereocenters. The summed E-state index contributed by atoms with van der Waals surface area (Å²) in [4.78, 5) is 10.6. The van der Waals surface area contributed by atoms with Gasteiger partial charge in [0.05, 0.1) is 0 Å². The Kier molecular flexibility index (Phi) is 5.49. The molecule has 4 heteroatoms. The van der Waals surface area contributed by atoms with Gasteiger partial charge in [0.15, 0.2) is 0 Å². The fraction of sp³-hybridized carbons (Fsp3) is 0.562. The molecule has 1 aliphatic rings. The molecule has 1 aromatic carbocycles. The minimum Gasteiger partial charge on any atom is -0.480 e. The van der Waals surface area contributed by atoms with E-state index in [1.165, 1.54) is 31.2 Å². The van der Waals surface area contributed by atoms with Crippen molar-refractivity contribution in [3.8, 4) is 0 Å². The first kappa shape index (κ1) is 15.4. The van der Waals surface area contributed by atoms with Crippen molar-refractivity contribution in [2.24, 2.45) is 5.73 Å². The Bertz CT molecular complexity index is 431. The summed E-state index contributed by atoms with van der Waals surface area (Å²) in [6.07, 6.45) is 5.63. The first-order valence-electron chi connectivity index (χ1n) is 7.26. The van der Waals surface area contributed by atoms with Gasteiger partial charge in [0.2, 0.25) is 0 Å². The monoisotopic (exact) mass is 293 g/mol. The van der Waals surface area contributed by atoms with Gasteiger partial charge >= 0.3 is 5.97 Å². The zero-order valence-electron chi connectivity index (χ0n) is 11.8. The van der Waals surface area contributed by atoms with Crippen molar-refractivity contribution in [3.63, 3.8) is 0 Å². The number of carboxylic acid groups (broad SMARTS) is 1. The summed E-state index contributed by atoms with van der Waals surface area (Å²) in [6, 6.07) is 10.1. The van der Waals surface area contributed by atoms with Crippen LogP contribution >= 0.6 is 11.8 Å². The highest BCUT2D eigenvalue weighted by Gasteiger charge is 2.37. The summed E-state index contributed by atoms with van der Waals surface area (Å²) in [5.41, 5.74) is 7.34. The van der Waals surface area contributed by atoms with Crippen molar-refractivity contribution in [2.75, 3.05) is 11.5 Å². The van der Waals surface area contributed by atoms with E-state index >= 15 is 0 Å². The summed E-state index contributed by atoms with van der Waals surface area (Å²) in [5, 5.41) is 8.73. The van der Waals surface area contributed by atoms with Crippen LogP contribution in [0.25, 0.3) is 0 Å². The maximum Gasteiger partial charge on any atom is 0.320 e. The van der Waals surface area contributed by atoms with Crippen LogP contribution in [0.1, 0.15) is 37.7 Å². The molecule has 1 fully saturated rings. The van der Waals surface area contributed by atoms with Crippen LogP contribution in [0.3, 0.4) is 0 Å². The zero-order chi connectivity index (χ0) is 14.4. The summed E-state index contributed by atoms with van der Waals surface area (Å²) in [6.45, 7) is 0. The largest absolute Gasteiger partial charge is 0.480 e. The van der Waals surface area contributed by atoms with Crippen molar-refractivity contribution in [3.05, 3.63) is 35.9 Å². The fourth-order valence-corrected chi connectivity index (χ4v) is 3.94. The van der Waals surface area contributed by atoms with Crippen LogP contribution in [-0.4, -0.2) is 28.6 Å². The van der Waals surface area contributed by atoms with E-state index in [2.05, 4.69) is 30.3 Å². The van der Waals surface area contributed by atoms with Gasteiger partial charge in [-0.15, -0.1) is 0 Å². The lowest BCUT2D eigenvalue weighted by Crippen LogP contribution is -2.35. The Labute approximate surface area is 124 Å². The number of hydrogen-bond acceptors (Lipinski definition) is 3. The number of nitrogens with two attached hydrogens (primary N) is 1. The van der Waals surface area contributed by atoms with Crippen molar-refractivity contribution in [1.29, 1.82) is 0 Å². The third-order valence-corrected chi connectivity index (χ3v) is 5.33. The molecule has 0 aliphatic heterocycles. The zero-order valence-corrected chi connectivity index (χ0v) is 12.6. The molecule has 0 spiro atoms. The highest BCUT2D eigenvalue weighted by atomic mass is 32.2. The third-order valence-electron chi connectivity index (χ3n) is 4.31. The Morgan fingerprint density at radius 1 is 1.30 bits per heavy atom. The lowest BCUT2D eigenvalue weighted by atomic mass is 9.63. The molecule has 0 bridgehead atoms. The van der Waals surface area contributed by atoms with Gasteiger partial charge in [-0.3, -0.25) is 4.79 Å². The molecule has 1 saturated carbocycles. The van der Waals surface area contributed by atoms with Gasteiger partial charge in [-0.2, -0.15) is 11.8 Å². The molecule has 1 aliphatic carbocycles. The highest BCUT2D eigenvalue weighted by molar-refractivity contribution is 7.99. The predicted octanol–water partition coefficient (Wildman–Crippen LogP) is 3.03. The van der Waals surface area contributed by atoms with Crippen molar-refractivity contribution < 1.29 is 9.90 Å². The van der Waals surface area contributed by atoms with Crippen LogP contribution in [0, 0.1) is 0 Å². The summed E-state index contributed by atoms with van der Waals surface area (Å²) in [7, 11) is 0. The molecule has 0 aromatic heterocycles. The molecule has 0 saturated heterocycles. The molecule has 110 valence electrons. The second-order valence-electron chi connectivity index (χ2n) is 5.60. The van der Waals surface area contributed by atoms with Crippen LogP contribution < -0.4 is 5.73 Å². The molecule has 3 nitrogen and oxygen atoms in total. The average Bonchev–Trinajstić information content (AvgIpc) is 2.41. The van der Waals surface area contributed by atoms with Gasteiger partial charge in [0.1, 0.15) is 6.04 Å². The molecule has 1 aromatic rings. The molecule has 0 amide bonds. The summed E-state index contributed by atoms with van der Waals surface area (Å²) in [5.74, 6) is 1.02. The van der Waals surface area contributed by atoms with E-state index in [1.54, 1.807) is 0 Å². The number of carboxylic acids is 1. The van der Waals surface area contributed by atoms with Crippen LogP contribution in [0.4, 0.5) is 0 Å². The van der Waals surface area contributed by atoms with Crippen LogP contribution in [0.15, 0.2) is 30.3 Å².